The van der Waals surface area contributed by atoms with E-state index in [0.29, 0.717) is 43.8 Å². The number of ether oxygens (including phenoxy) is 2. The van der Waals surface area contributed by atoms with E-state index >= 15 is 0 Å². The van der Waals surface area contributed by atoms with E-state index in [9.17, 15) is 9.59 Å². The lowest BCUT2D eigenvalue weighted by Gasteiger charge is -2.05. The predicted octanol–water partition coefficient (Wildman–Crippen LogP) is 3.52. The summed E-state index contributed by atoms with van der Waals surface area (Å²) in [6.07, 6.45) is 1.72. The number of aryl methyl sites for hydroxylation is 1. The Balaban J connectivity index is 1.20. The molecule has 4 aromatic rings. The van der Waals surface area contributed by atoms with Crippen LogP contribution in [0.4, 0.5) is 15.6 Å². The number of carbonyl (C=O) groups is 1. The Labute approximate surface area is 189 Å². The molecule has 0 bridgehead atoms. The van der Waals surface area contributed by atoms with Crippen molar-refractivity contribution in [2.75, 3.05) is 17.4 Å². The van der Waals surface area contributed by atoms with E-state index in [4.69, 9.17) is 9.47 Å². The van der Waals surface area contributed by atoms with Crippen LogP contribution in [0.3, 0.4) is 0 Å². The Morgan fingerprint density at radius 1 is 1.16 bits per heavy atom. The van der Waals surface area contributed by atoms with E-state index in [1.54, 1.807) is 24.4 Å². The summed E-state index contributed by atoms with van der Waals surface area (Å²) in [5.74, 6) is 1.67. The first-order valence-electron chi connectivity index (χ1n) is 9.46. The molecule has 0 saturated heterocycles. The summed E-state index contributed by atoms with van der Waals surface area (Å²) in [6, 6.07) is 9.92. The molecule has 5 rings (SSSR count). The van der Waals surface area contributed by atoms with Crippen LogP contribution in [0, 0.1) is 6.92 Å². The van der Waals surface area contributed by atoms with Crippen LogP contribution in [0.1, 0.15) is 11.3 Å². The summed E-state index contributed by atoms with van der Waals surface area (Å²) in [4.78, 5) is 29.1. The van der Waals surface area contributed by atoms with Crippen LogP contribution in [0.25, 0.3) is 5.65 Å². The monoisotopic (exact) mass is 468 g/mol. The minimum atomic E-state index is -0.448. The fourth-order valence-electron chi connectivity index (χ4n) is 3.02. The molecule has 2 amide bonds. The fraction of sp³-hybridized carbons (Fsp3) is 0.150. The van der Waals surface area contributed by atoms with Crippen molar-refractivity contribution >= 4 is 45.6 Å². The van der Waals surface area contributed by atoms with Gasteiger partial charge in [0, 0.05) is 29.8 Å². The van der Waals surface area contributed by atoms with Gasteiger partial charge in [0.05, 0.1) is 5.69 Å². The summed E-state index contributed by atoms with van der Waals surface area (Å²) in [6.45, 7) is 2.12. The van der Waals surface area contributed by atoms with Crippen molar-refractivity contribution < 1.29 is 14.3 Å². The second-order valence-corrected chi connectivity index (χ2v) is 9.03. The molecule has 2 N–H and O–H groups in total. The summed E-state index contributed by atoms with van der Waals surface area (Å²) in [5.41, 5.74) is 2.71. The third-order valence-electron chi connectivity index (χ3n) is 4.48. The first-order chi connectivity index (χ1) is 15.5. The molecule has 4 heterocycles. The van der Waals surface area contributed by atoms with Crippen molar-refractivity contribution in [1.29, 1.82) is 0 Å². The average molecular weight is 469 g/mol. The first kappa shape index (κ1) is 20.3. The van der Waals surface area contributed by atoms with E-state index in [-0.39, 0.29) is 12.4 Å². The zero-order valence-corrected chi connectivity index (χ0v) is 18.3. The minimum Gasteiger partial charge on any atom is -0.454 e. The number of thioether (sulfide) groups is 1. The highest BCUT2D eigenvalue weighted by atomic mass is 32.2. The molecule has 0 spiro atoms. The number of anilines is 2. The van der Waals surface area contributed by atoms with Gasteiger partial charge in [-0.3, -0.25) is 14.5 Å². The number of nitrogens with one attached hydrogen (secondary N) is 2. The highest BCUT2D eigenvalue weighted by Gasteiger charge is 2.15. The maximum atomic E-state index is 12.3. The highest BCUT2D eigenvalue weighted by molar-refractivity contribution is 8.00. The average Bonchev–Trinajstić information content (AvgIpc) is 3.40. The predicted molar refractivity (Wildman–Crippen MR) is 121 cm³/mol. The third-order valence-corrected chi connectivity index (χ3v) is 6.48. The Morgan fingerprint density at radius 3 is 2.94 bits per heavy atom. The fourth-order valence-corrected chi connectivity index (χ4v) is 4.66. The van der Waals surface area contributed by atoms with E-state index in [2.05, 4.69) is 25.8 Å². The number of hydrogen-bond donors (Lipinski definition) is 2. The van der Waals surface area contributed by atoms with Crippen LogP contribution in [-0.2, 0) is 5.75 Å². The molecule has 1 aliphatic heterocycles. The summed E-state index contributed by atoms with van der Waals surface area (Å²) in [7, 11) is 0. The molecule has 3 aromatic heterocycles. The van der Waals surface area contributed by atoms with Gasteiger partial charge in [0.1, 0.15) is 5.65 Å². The lowest BCUT2D eigenvalue weighted by atomic mass is 10.3. The normalized spacial score (nSPS) is 12.2. The van der Waals surface area contributed by atoms with E-state index in [1.807, 2.05) is 19.1 Å². The molecular formula is C20H16N6O4S2. The van der Waals surface area contributed by atoms with Crippen molar-refractivity contribution in [1.82, 2.24) is 19.6 Å². The number of rotatable bonds is 5. The van der Waals surface area contributed by atoms with Gasteiger partial charge in [-0.15, -0.1) is 10.2 Å². The summed E-state index contributed by atoms with van der Waals surface area (Å²) in [5, 5.41) is 13.8. The van der Waals surface area contributed by atoms with Crippen LogP contribution < -0.4 is 25.7 Å². The smallest absolute Gasteiger partial charge is 0.325 e. The largest absolute Gasteiger partial charge is 0.454 e. The molecule has 162 valence electrons. The molecule has 0 aliphatic carbocycles. The van der Waals surface area contributed by atoms with E-state index < -0.39 is 6.03 Å². The topological polar surface area (TPSA) is 120 Å². The van der Waals surface area contributed by atoms with Crippen molar-refractivity contribution in [3.05, 3.63) is 64.2 Å². The van der Waals surface area contributed by atoms with E-state index in [0.717, 1.165) is 5.56 Å². The van der Waals surface area contributed by atoms with Crippen LogP contribution >= 0.6 is 23.1 Å². The summed E-state index contributed by atoms with van der Waals surface area (Å²) >= 11 is 2.63. The Hall–Kier alpha value is -3.64. The van der Waals surface area contributed by atoms with E-state index in [1.165, 1.54) is 33.6 Å². The Bertz CT molecular complexity index is 1390. The number of nitrogens with zero attached hydrogens (tertiary/aromatic N) is 4. The molecule has 1 aromatic carbocycles. The summed E-state index contributed by atoms with van der Waals surface area (Å²) < 4.78 is 12.7. The number of amides is 2. The van der Waals surface area contributed by atoms with Gasteiger partial charge in [-0.1, -0.05) is 23.1 Å². The van der Waals surface area contributed by atoms with Crippen molar-refractivity contribution in [2.45, 2.75) is 17.0 Å². The maximum Gasteiger partial charge on any atom is 0.325 e. The molecule has 12 heteroatoms. The molecule has 0 unspecified atom stereocenters. The van der Waals surface area contributed by atoms with Crippen molar-refractivity contribution in [2.24, 2.45) is 0 Å². The third kappa shape index (κ3) is 4.36. The molecule has 0 radical (unpaired) electrons. The second-order valence-electron chi connectivity index (χ2n) is 6.83. The quantitative estimate of drug-likeness (QED) is 0.337. The van der Waals surface area contributed by atoms with Crippen molar-refractivity contribution in [3.63, 3.8) is 0 Å². The van der Waals surface area contributed by atoms with Gasteiger partial charge >= 0.3 is 6.03 Å². The molecule has 0 saturated carbocycles. The highest BCUT2D eigenvalue weighted by Crippen LogP contribution is 2.34. The number of aromatic nitrogens is 4. The minimum absolute atomic E-state index is 0.134. The standard InChI is InChI=1S/C20H16N6O4S2/c1-11-4-5-26-16(6-11)21-13(8-17(26)27)9-31-20-25-24-19(32-20)23-18(28)22-12-2-3-14-15(7-12)30-10-29-14/h2-8H,9-10H2,1H3,(H2,22,23,24,28). The number of carbonyl (C=O) groups excluding carboxylic acids is 1. The Morgan fingerprint density at radius 2 is 2.03 bits per heavy atom. The molecule has 32 heavy (non-hydrogen) atoms. The van der Waals surface area contributed by atoms with Gasteiger partial charge in [-0.25, -0.2) is 9.78 Å². The van der Waals surface area contributed by atoms with Gasteiger partial charge in [0.15, 0.2) is 15.8 Å². The van der Waals surface area contributed by atoms with Crippen LogP contribution in [0.5, 0.6) is 11.5 Å². The maximum absolute atomic E-state index is 12.3. The van der Waals surface area contributed by atoms with Gasteiger partial charge < -0.3 is 14.8 Å². The molecular weight excluding hydrogens is 452 g/mol. The Kier molecular flexibility index (Phi) is 5.37. The van der Waals surface area contributed by atoms with Crippen LogP contribution in [0.15, 0.2) is 51.7 Å². The number of urea groups is 1. The van der Waals surface area contributed by atoms with Crippen molar-refractivity contribution in [3.8, 4) is 11.5 Å². The molecule has 0 atom stereocenters. The number of pyridine rings is 1. The van der Waals surface area contributed by atoms with Gasteiger partial charge in [0.25, 0.3) is 5.56 Å². The van der Waals surface area contributed by atoms with Gasteiger partial charge in [-0.05, 0) is 36.8 Å². The molecule has 1 aliphatic rings. The lowest BCUT2D eigenvalue weighted by molar-refractivity contribution is 0.174. The number of fused-ring (bicyclic) bond motifs is 2. The lowest BCUT2D eigenvalue weighted by Crippen LogP contribution is -2.19. The zero-order chi connectivity index (χ0) is 22.1. The van der Waals surface area contributed by atoms with Gasteiger partial charge in [0.2, 0.25) is 11.9 Å². The van der Waals surface area contributed by atoms with Crippen LogP contribution in [-0.4, -0.2) is 32.4 Å². The number of benzene rings is 1. The number of hydrogen-bond acceptors (Lipinski definition) is 9. The second kappa shape index (κ2) is 8.48. The SMILES string of the molecule is Cc1ccn2c(=O)cc(CSc3nnc(NC(=O)Nc4ccc5c(c4)OCO5)s3)nc2c1. The van der Waals surface area contributed by atoms with Crippen LogP contribution in [0.2, 0.25) is 0 Å². The molecule has 10 nitrogen and oxygen atoms in total. The zero-order valence-electron chi connectivity index (χ0n) is 16.7. The van der Waals surface area contributed by atoms with Gasteiger partial charge in [-0.2, -0.15) is 0 Å². The first-order valence-corrected chi connectivity index (χ1v) is 11.3. The molecule has 0 fully saturated rings.